The molecule has 2 heterocycles. The second-order valence-corrected chi connectivity index (χ2v) is 6.09. The van der Waals surface area contributed by atoms with Crippen LogP contribution in [-0.2, 0) is 0 Å². The predicted octanol–water partition coefficient (Wildman–Crippen LogP) is 4.22. The summed E-state index contributed by atoms with van der Waals surface area (Å²) in [6.07, 6.45) is 3.61. The molecule has 0 atom stereocenters. The zero-order valence-electron chi connectivity index (χ0n) is 14.1. The Morgan fingerprint density at radius 1 is 1.12 bits per heavy atom. The summed E-state index contributed by atoms with van der Waals surface area (Å²) >= 11 is 0. The van der Waals surface area contributed by atoms with Crippen molar-refractivity contribution in [2.75, 3.05) is 5.32 Å². The zero-order chi connectivity index (χ0) is 17.4. The van der Waals surface area contributed by atoms with E-state index in [-0.39, 0.29) is 5.91 Å². The van der Waals surface area contributed by atoms with Gasteiger partial charge in [-0.25, -0.2) is 4.68 Å². The number of aryl methyl sites for hydroxylation is 2. The van der Waals surface area contributed by atoms with E-state index in [1.807, 2.05) is 61.7 Å². The minimum Gasteiger partial charge on any atom is -0.358 e. The van der Waals surface area contributed by atoms with Crippen molar-refractivity contribution < 1.29 is 4.79 Å². The van der Waals surface area contributed by atoms with Gasteiger partial charge in [-0.3, -0.25) is 4.79 Å². The van der Waals surface area contributed by atoms with E-state index in [0.29, 0.717) is 5.56 Å². The summed E-state index contributed by atoms with van der Waals surface area (Å²) in [7, 11) is 0. The monoisotopic (exact) mass is 330 g/mol. The van der Waals surface area contributed by atoms with Gasteiger partial charge in [0.25, 0.3) is 5.91 Å². The summed E-state index contributed by atoms with van der Waals surface area (Å²) in [4.78, 5) is 15.9. The predicted molar refractivity (Wildman–Crippen MR) is 99.3 cm³/mol. The lowest BCUT2D eigenvalue weighted by Crippen LogP contribution is -2.11. The fourth-order valence-electron chi connectivity index (χ4n) is 2.92. The van der Waals surface area contributed by atoms with Gasteiger partial charge in [0, 0.05) is 40.2 Å². The molecule has 0 saturated heterocycles. The number of carbonyl (C=O) groups excluding carboxylic acids is 1. The van der Waals surface area contributed by atoms with Gasteiger partial charge in [0.2, 0.25) is 0 Å². The van der Waals surface area contributed by atoms with Gasteiger partial charge in [-0.15, -0.1) is 0 Å². The minimum atomic E-state index is -0.119. The summed E-state index contributed by atoms with van der Waals surface area (Å²) < 4.78 is 1.77. The van der Waals surface area contributed by atoms with Crippen LogP contribution in [0.25, 0.3) is 16.6 Å². The van der Waals surface area contributed by atoms with Crippen molar-refractivity contribution >= 4 is 22.5 Å². The van der Waals surface area contributed by atoms with Crippen molar-refractivity contribution in [2.24, 2.45) is 0 Å². The van der Waals surface area contributed by atoms with Crippen LogP contribution in [0.2, 0.25) is 0 Å². The van der Waals surface area contributed by atoms with Crippen LogP contribution in [0, 0.1) is 13.8 Å². The Hall–Kier alpha value is -3.34. The second-order valence-electron chi connectivity index (χ2n) is 6.09. The van der Waals surface area contributed by atoms with Crippen LogP contribution in [0.15, 0.2) is 60.9 Å². The van der Waals surface area contributed by atoms with Crippen LogP contribution in [0.5, 0.6) is 0 Å². The highest BCUT2D eigenvalue weighted by molar-refractivity contribution is 6.06. The lowest BCUT2D eigenvalue weighted by molar-refractivity contribution is 0.102. The number of anilines is 1. The first-order valence-electron chi connectivity index (χ1n) is 8.12. The summed E-state index contributed by atoms with van der Waals surface area (Å²) in [5.41, 5.74) is 5.70. The molecule has 0 aliphatic heterocycles. The number of H-pyrrole nitrogens is 1. The average Bonchev–Trinajstić information content (AvgIpc) is 3.25. The molecule has 0 spiro atoms. The SMILES string of the molecule is Cc1[nH]c2ccc(C(=O)Nc3ccc(-n4cccn4)cc3)cc2c1C. The molecule has 2 N–H and O–H groups in total. The van der Waals surface area contributed by atoms with Gasteiger partial charge in [0.1, 0.15) is 0 Å². The fourth-order valence-corrected chi connectivity index (χ4v) is 2.92. The number of fused-ring (bicyclic) bond motifs is 1. The van der Waals surface area contributed by atoms with Gasteiger partial charge in [-0.05, 0) is 67.9 Å². The largest absolute Gasteiger partial charge is 0.358 e. The maximum atomic E-state index is 12.6. The quantitative estimate of drug-likeness (QED) is 0.591. The normalized spacial score (nSPS) is 11.0. The summed E-state index contributed by atoms with van der Waals surface area (Å²) in [5.74, 6) is -0.119. The number of benzene rings is 2. The Morgan fingerprint density at radius 3 is 2.64 bits per heavy atom. The standard InChI is InChI=1S/C20H18N4O/c1-13-14(2)22-19-9-4-15(12-18(13)19)20(25)23-16-5-7-17(8-6-16)24-11-3-10-21-24/h3-12,22H,1-2H3,(H,23,25). The third-order valence-corrected chi connectivity index (χ3v) is 4.46. The molecule has 0 radical (unpaired) electrons. The number of aromatic amines is 1. The molecule has 5 nitrogen and oxygen atoms in total. The van der Waals surface area contributed by atoms with E-state index in [9.17, 15) is 4.79 Å². The molecule has 4 aromatic rings. The third-order valence-electron chi connectivity index (χ3n) is 4.46. The van der Waals surface area contributed by atoms with Crippen molar-refractivity contribution in [2.45, 2.75) is 13.8 Å². The Morgan fingerprint density at radius 2 is 1.92 bits per heavy atom. The van der Waals surface area contributed by atoms with E-state index in [4.69, 9.17) is 0 Å². The molecule has 4 rings (SSSR count). The lowest BCUT2D eigenvalue weighted by Gasteiger charge is -2.07. The summed E-state index contributed by atoms with van der Waals surface area (Å²) in [5, 5.41) is 8.22. The van der Waals surface area contributed by atoms with Crippen LogP contribution in [0.3, 0.4) is 0 Å². The molecule has 1 amide bonds. The first-order chi connectivity index (χ1) is 12.1. The second kappa shape index (κ2) is 5.94. The lowest BCUT2D eigenvalue weighted by atomic mass is 10.1. The van der Waals surface area contributed by atoms with Gasteiger partial charge in [0.15, 0.2) is 0 Å². The highest BCUT2D eigenvalue weighted by atomic mass is 16.1. The molecule has 0 aliphatic rings. The number of amides is 1. The molecule has 2 aromatic heterocycles. The van der Waals surface area contributed by atoms with Gasteiger partial charge < -0.3 is 10.3 Å². The Balaban J connectivity index is 1.56. The average molecular weight is 330 g/mol. The molecule has 0 unspecified atom stereocenters. The van der Waals surface area contributed by atoms with E-state index >= 15 is 0 Å². The molecule has 0 aliphatic carbocycles. The Labute approximate surface area is 145 Å². The third kappa shape index (κ3) is 2.80. The van der Waals surface area contributed by atoms with Crippen molar-refractivity contribution in [1.82, 2.24) is 14.8 Å². The molecule has 25 heavy (non-hydrogen) atoms. The van der Waals surface area contributed by atoms with Crippen molar-refractivity contribution in [1.29, 1.82) is 0 Å². The molecule has 5 heteroatoms. The zero-order valence-corrected chi connectivity index (χ0v) is 14.1. The van der Waals surface area contributed by atoms with Gasteiger partial charge in [-0.2, -0.15) is 5.10 Å². The molecule has 0 fully saturated rings. The van der Waals surface area contributed by atoms with Crippen LogP contribution < -0.4 is 5.32 Å². The summed E-state index contributed by atoms with van der Waals surface area (Å²) in [6, 6.07) is 15.2. The van der Waals surface area contributed by atoms with Crippen LogP contribution in [0.4, 0.5) is 5.69 Å². The van der Waals surface area contributed by atoms with E-state index in [1.54, 1.807) is 10.9 Å². The van der Waals surface area contributed by atoms with E-state index < -0.39 is 0 Å². The number of hydrogen-bond donors (Lipinski definition) is 2. The van der Waals surface area contributed by atoms with E-state index in [2.05, 4.69) is 22.3 Å². The molecule has 0 saturated carbocycles. The highest BCUT2D eigenvalue weighted by Gasteiger charge is 2.10. The number of aromatic nitrogens is 3. The first kappa shape index (κ1) is 15.2. The van der Waals surface area contributed by atoms with E-state index in [1.165, 1.54) is 5.56 Å². The van der Waals surface area contributed by atoms with Gasteiger partial charge >= 0.3 is 0 Å². The topological polar surface area (TPSA) is 62.7 Å². The molecular weight excluding hydrogens is 312 g/mol. The smallest absolute Gasteiger partial charge is 0.255 e. The van der Waals surface area contributed by atoms with Crippen LogP contribution in [-0.4, -0.2) is 20.7 Å². The maximum Gasteiger partial charge on any atom is 0.255 e. The number of nitrogens with one attached hydrogen (secondary N) is 2. The van der Waals surface area contributed by atoms with Gasteiger partial charge in [-0.1, -0.05) is 0 Å². The molecular formula is C20H18N4O. The number of rotatable bonds is 3. The number of carbonyl (C=O) groups is 1. The maximum absolute atomic E-state index is 12.6. The van der Waals surface area contributed by atoms with Gasteiger partial charge in [0.05, 0.1) is 5.69 Å². The highest BCUT2D eigenvalue weighted by Crippen LogP contribution is 2.23. The van der Waals surface area contributed by atoms with E-state index in [0.717, 1.165) is 28.0 Å². The van der Waals surface area contributed by atoms with Crippen molar-refractivity contribution in [3.63, 3.8) is 0 Å². The molecule has 124 valence electrons. The summed E-state index contributed by atoms with van der Waals surface area (Å²) in [6.45, 7) is 4.10. The Kier molecular flexibility index (Phi) is 3.61. The van der Waals surface area contributed by atoms with Crippen molar-refractivity contribution in [3.05, 3.63) is 77.7 Å². The molecule has 0 bridgehead atoms. The number of hydrogen-bond acceptors (Lipinski definition) is 2. The molecule has 2 aromatic carbocycles. The van der Waals surface area contributed by atoms with Crippen LogP contribution >= 0.6 is 0 Å². The number of nitrogens with zero attached hydrogens (tertiary/aromatic N) is 2. The fraction of sp³-hybridized carbons (Fsp3) is 0.100. The van der Waals surface area contributed by atoms with Crippen LogP contribution in [0.1, 0.15) is 21.6 Å². The first-order valence-corrected chi connectivity index (χ1v) is 8.12. The Bertz CT molecular complexity index is 1040. The minimum absolute atomic E-state index is 0.119. The van der Waals surface area contributed by atoms with Crippen molar-refractivity contribution in [3.8, 4) is 5.69 Å².